The van der Waals surface area contributed by atoms with E-state index < -0.39 is 0 Å². The summed E-state index contributed by atoms with van der Waals surface area (Å²) < 4.78 is 5.46. The number of nitrogens with zero attached hydrogens (tertiary/aromatic N) is 2. The number of pyridine rings is 1. The van der Waals surface area contributed by atoms with Gasteiger partial charge in [0.1, 0.15) is 12.5 Å². The van der Waals surface area contributed by atoms with E-state index in [-0.39, 0.29) is 5.41 Å². The third-order valence-electron chi connectivity index (χ3n) is 2.71. The summed E-state index contributed by atoms with van der Waals surface area (Å²) >= 11 is 0. The Hall–Kier alpha value is -1.09. The highest BCUT2D eigenvalue weighted by molar-refractivity contribution is 5.48. The molecule has 0 aliphatic carbocycles. The molecule has 1 aliphatic rings. The van der Waals surface area contributed by atoms with E-state index in [1.165, 1.54) is 11.1 Å². The smallest absolute Gasteiger partial charge is 0.135 e. The highest BCUT2D eigenvalue weighted by atomic mass is 16.5. The van der Waals surface area contributed by atoms with E-state index in [2.05, 4.69) is 31.8 Å². The lowest BCUT2D eigenvalue weighted by atomic mass is 9.87. The van der Waals surface area contributed by atoms with Gasteiger partial charge in [0.05, 0.1) is 6.61 Å². The van der Waals surface area contributed by atoms with Gasteiger partial charge < -0.3 is 9.64 Å². The van der Waals surface area contributed by atoms with Crippen LogP contribution in [0.2, 0.25) is 0 Å². The molecular weight excluding hydrogens is 188 g/mol. The molecule has 0 saturated carbocycles. The standard InChI is InChI=1S/C12H18N2O/c1-12(2,3)10-5-9-7-15-8-14(4)11(9)13-6-10/h5-6H,7-8H2,1-4H3. The molecule has 0 amide bonds. The minimum atomic E-state index is 0.151. The number of hydrogen-bond donors (Lipinski definition) is 0. The Morgan fingerprint density at radius 1 is 1.40 bits per heavy atom. The summed E-state index contributed by atoms with van der Waals surface area (Å²) in [6.07, 6.45) is 1.97. The van der Waals surface area contributed by atoms with Crippen LogP contribution in [0.4, 0.5) is 5.82 Å². The summed E-state index contributed by atoms with van der Waals surface area (Å²) in [5.41, 5.74) is 2.61. The number of rotatable bonds is 0. The molecule has 0 bridgehead atoms. The first-order valence-electron chi connectivity index (χ1n) is 5.27. The molecule has 0 saturated heterocycles. The van der Waals surface area contributed by atoms with Gasteiger partial charge >= 0.3 is 0 Å². The van der Waals surface area contributed by atoms with E-state index in [1.807, 2.05) is 18.1 Å². The number of anilines is 1. The maximum Gasteiger partial charge on any atom is 0.135 e. The molecule has 1 aromatic heterocycles. The SMILES string of the molecule is CN1COCc2cc(C(C)(C)C)cnc21. The molecule has 1 aliphatic heterocycles. The molecule has 1 aromatic rings. The van der Waals surface area contributed by atoms with Crippen LogP contribution in [0.15, 0.2) is 12.3 Å². The van der Waals surface area contributed by atoms with Crippen molar-refractivity contribution in [2.75, 3.05) is 18.7 Å². The average molecular weight is 206 g/mol. The molecule has 82 valence electrons. The largest absolute Gasteiger partial charge is 0.356 e. The molecule has 3 nitrogen and oxygen atoms in total. The van der Waals surface area contributed by atoms with Gasteiger partial charge in [-0.3, -0.25) is 0 Å². The van der Waals surface area contributed by atoms with Crippen molar-refractivity contribution in [3.8, 4) is 0 Å². The van der Waals surface area contributed by atoms with Gasteiger partial charge in [0.15, 0.2) is 0 Å². The minimum absolute atomic E-state index is 0.151. The van der Waals surface area contributed by atoms with Gasteiger partial charge in [-0.25, -0.2) is 4.98 Å². The molecule has 0 atom stereocenters. The van der Waals surface area contributed by atoms with Crippen LogP contribution >= 0.6 is 0 Å². The Kier molecular flexibility index (Phi) is 2.43. The normalized spacial score (nSPS) is 16.4. The zero-order valence-electron chi connectivity index (χ0n) is 9.87. The Balaban J connectivity index is 2.42. The van der Waals surface area contributed by atoms with Gasteiger partial charge in [-0.15, -0.1) is 0 Å². The molecule has 0 unspecified atom stereocenters. The van der Waals surface area contributed by atoms with Crippen LogP contribution in [0.3, 0.4) is 0 Å². The molecule has 0 spiro atoms. The average Bonchev–Trinajstić information content (AvgIpc) is 2.16. The van der Waals surface area contributed by atoms with Crippen LogP contribution in [-0.2, 0) is 16.8 Å². The number of hydrogen-bond acceptors (Lipinski definition) is 3. The van der Waals surface area contributed by atoms with Crippen LogP contribution in [0.25, 0.3) is 0 Å². The van der Waals surface area contributed by atoms with Crippen molar-refractivity contribution < 1.29 is 4.74 Å². The minimum Gasteiger partial charge on any atom is -0.356 e. The van der Waals surface area contributed by atoms with Gasteiger partial charge in [-0.05, 0) is 17.0 Å². The van der Waals surface area contributed by atoms with Crippen molar-refractivity contribution in [2.45, 2.75) is 32.8 Å². The Bertz CT molecular complexity index is 368. The highest BCUT2D eigenvalue weighted by Gasteiger charge is 2.20. The maximum atomic E-state index is 5.46. The van der Waals surface area contributed by atoms with E-state index in [4.69, 9.17) is 4.74 Å². The second-order valence-corrected chi connectivity index (χ2v) is 5.13. The van der Waals surface area contributed by atoms with Gasteiger partial charge in [-0.1, -0.05) is 20.8 Å². The van der Waals surface area contributed by atoms with E-state index >= 15 is 0 Å². The fourth-order valence-corrected chi connectivity index (χ4v) is 1.72. The van der Waals surface area contributed by atoms with Crippen LogP contribution in [-0.4, -0.2) is 18.8 Å². The van der Waals surface area contributed by atoms with E-state index in [1.54, 1.807) is 0 Å². The van der Waals surface area contributed by atoms with Crippen LogP contribution in [0.5, 0.6) is 0 Å². The second kappa shape index (κ2) is 3.49. The summed E-state index contributed by atoms with van der Waals surface area (Å²) in [5, 5.41) is 0. The molecule has 15 heavy (non-hydrogen) atoms. The molecule has 0 N–H and O–H groups in total. The maximum absolute atomic E-state index is 5.46. The fraction of sp³-hybridized carbons (Fsp3) is 0.583. The lowest BCUT2D eigenvalue weighted by molar-refractivity contribution is 0.112. The Morgan fingerprint density at radius 3 is 2.80 bits per heavy atom. The molecule has 2 heterocycles. The predicted molar refractivity (Wildman–Crippen MR) is 61.0 cm³/mol. The third-order valence-corrected chi connectivity index (χ3v) is 2.71. The van der Waals surface area contributed by atoms with E-state index in [0.717, 1.165) is 5.82 Å². The van der Waals surface area contributed by atoms with Gasteiger partial charge in [0, 0.05) is 18.8 Å². The Morgan fingerprint density at radius 2 is 2.13 bits per heavy atom. The zero-order valence-corrected chi connectivity index (χ0v) is 9.87. The zero-order chi connectivity index (χ0) is 11.1. The first-order chi connectivity index (χ1) is 6.98. The highest BCUT2D eigenvalue weighted by Crippen LogP contribution is 2.28. The van der Waals surface area contributed by atoms with Crippen LogP contribution < -0.4 is 4.90 Å². The summed E-state index contributed by atoms with van der Waals surface area (Å²) in [6.45, 7) is 7.91. The lowest BCUT2D eigenvalue weighted by Crippen LogP contribution is -2.28. The van der Waals surface area contributed by atoms with Crippen molar-refractivity contribution in [3.05, 3.63) is 23.4 Å². The lowest BCUT2D eigenvalue weighted by Gasteiger charge is -2.28. The third kappa shape index (κ3) is 1.97. The summed E-state index contributed by atoms with van der Waals surface area (Å²) in [7, 11) is 2.00. The van der Waals surface area contributed by atoms with Crippen molar-refractivity contribution in [1.29, 1.82) is 0 Å². The summed E-state index contributed by atoms with van der Waals surface area (Å²) in [5.74, 6) is 1.05. The number of ether oxygens (including phenoxy) is 1. The summed E-state index contributed by atoms with van der Waals surface area (Å²) in [4.78, 5) is 6.55. The van der Waals surface area contributed by atoms with Crippen molar-refractivity contribution >= 4 is 5.82 Å². The summed E-state index contributed by atoms with van der Waals surface area (Å²) in [6, 6.07) is 2.21. The molecule has 0 fully saturated rings. The Labute approximate surface area is 91.1 Å². The van der Waals surface area contributed by atoms with Crippen molar-refractivity contribution in [1.82, 2.24) is 4.98 Å². The number of fused-ring (bicyclic) bond motifs is 1. The first kappa shape index (κ1) is 10.4. The van der Waals surface area contributed by atoms with Crippen molar-refractivity contribution in [2.24, 2.45) is 0 Å². The topological polar surface area (TPSA) is 25.4 Å². The van der Waals surface area contributed by atoms with Crippen LogP contribution in [0.1, 0.15) is 31.9 Å². The molecular formula is C12H18N2O. The molecule has 0 radical (unpaired) electrons. The fourth-order valence-electron chi connectivity index (χ4n) is 1.72. The van der Waals surface area contributed by atoms with E-state index in [9.17, 15) is 0 Å². The molecule has 3 heteroatoms. The predicted octanol–water partition coefficient (Wildman–Crippen LogP) is 2.30. The molecule has 0 aromatic carbocycles. The second-order valence-electron chi connectivity index (χ2n) is 5.13. The van der Waals surface area contributed by atoms with Crippen LogP contribution in [0, 0.1) is 0 Å². The van der Waals surface area contributed by atoms with Gasteiger partial charge in [-0.2, -0.15) is 0 Å². The first-order valence-corrected chi connectivity index (χ1v) is 5.27. The number of aromatic nitrogens is 1. The molecule has 2 rings (SSSR count). The monoisotopic (exact) mass is 206 g/mol. The van der Waals surface area contributed by atoms with Gasteiger partial charge in [0.25, 0.3) is 0 Å². The van der Waals surface area contributed by atoms with Gasteiger partial charge in [0.2, 0.25) is 0 Å². The quantitative estimate of drug-likeness (QED) is 0.651. The van der Waals surface area contributed by atoms with Crippen molar-refractivity contribution in [3.63, 3.8) is 0 Å². The van der Waals surface area contributed by atoms with E-state index in [0.29, 0.717) is 13.3 Å².